The van der Waals surface area contributed by atoms with Gasteiger partial charge in [0.15, 0.2) is 0 Å². The second-order valence-electron chi connectivity index (χ2n) is 3.50. The van der Waals surface area contributed by atoms with Crippen LogP contribution in [0.5, 0.6) is 0 Å². The molecule has 1 N–H and O–H groups in total. The molecule has 1 aliphatic heterocycles. The van der Waals surface area contributed by atoms with Gasteiger partial charge in [-0.1, -0.05) is 0 Å². The van der Waals surface area contributed by atoms with Crippen molar-refractivity contribution in [3.05, 3.63) is 23.5 Å². The monoisotopic (exact) mass is 177 g/mol. The first kappa shape index (κ1) is 8.35. The number of rotatable bonds is 1. The predicted octanol–water partition coefficient (Wildman–Crippen LogP) is 1.84. The molecule has 0 saturated carbocycles. The van der Waals surface area contributed by atoms with Crippen molar-refractivity contribution in [2.45, 2.75) is 26.7 Å². The number of amidine groups is 1. The minimum absolute atomic E-state index is 0.974. The summed E-state index contributed by atoms with van der Waals surface area (Å²) < 4.78 is 2.09. The summed E-state index contributed by atoms with van der Waals surface area (Å²) in [5.74, 6) is 1.11. The summed E-state index contributed by atoms with van der Waals surface area (Å²) in [5, 5.41) is 0. The lowest BCUT2D eigenvalue weighted by atomic mass is 10.3. The third-order valence-corrected chi connectivity index (χ3v) is 2.39. The molecule has 13 heavy (non-hydrogen) atoms. The molecular formula is C10H15N3. The first-order valence-corrected chi connectivity index (χ1v) is 4.72. The van der Waals surface area contributed by atoms with Gasteiger partial charge in [0.1, 0.15) is 5.84 Å². The van der Waals surface area contributed by atoms with Crippen LogP contribution in [0.1, 0.15) is 24.2 Å². The molecule has 1 aromatic heterocycles. The van der Waals surface area contributed by atoms with Gasteiger partial charge in [-0.2, -0.15) is 0 Å². The summed E-state index contributed by atoms with van der Waals surface area (Å²) in [4.78, 5) is 4.38. The summed E-state index contributed by atoms with van der Waals surface area (Å²) in [6.45, 7) is 5.16. The van der Waals surface area contributed by atoms with Crippen LogP contribution in [0.3, 0.4) is 0 Å². The number of hydrogen-bond donors (Lipinski definition) is 1. The minimum atomic E-state index is 0.974. The van der Waals surface area contributed by atoms with Gasteiger partial charge in [-0.05, 0) is 32.4 Å². The average Bonchev–Trinajstić information content (AvgIpc) is 2.70. The van der Waals surface area contributed by atoms with Gasteiger partial charge in [0.2, 0.25) is 0 Å². The van der Waals surface area contributed by atoms with Crippen LogP contribution in [0.2, 0.25) is 0 Å². The Kier molecular flexibility index (Phi) is 2.08. The molecule has 0 radical (unpaired) electrons. The predicted molar refractivity (Wildman–Crippen MR) is 54.8 cm³/mol. The Bertz CT molecular complexity index is 316. The highest BCUT2D eigenvalue weighted by Gasteiger charge is 2.07. The van der Waals surface area contributed by atoms with Gasteiger partial charge in [-0.25, -0.2) is 0 Å². The van der Waals surface area contributed by atoms with E-state index in [-0.39, 0.29) is 0 Å². The largest absolute Gasteiger partial charge is 0.281 e. The zero-order valence-electron chi connectivity index (χ0n) is 8.17. The molecule has 3 nitrogen and oxygen atoms in total. The number of hydrogen-bond acceptors (Lipinski definition) is 2. The standard InChI is InChI=1S/C10H15N3/c1-8-5-6-9(2)13(8)12-10-4-3-7-11-10/h5-6H,3-4,7H2,1-2H3,(H,11,12). The van der Waals surface area contributed by atoms with Crippen LogP contribution in [-0.2, 0) is 0 Å². The quantitative estimate of drug-likeness (QED) is 0.696. The van der Waals surface area contributed by atoms with Gasteiger partial charge in [-0.3, -0.25) is 15.1 Å². The molecule has 0 aromatic carbocycles. The maximum absolute atomic E-state index is 4.38. The summed E-state index contributed by atoms with van der Waals surface area (Å²) in [5.41, 5.74) is 5.78. The molecule has 0 unspecified atom stereocenters. The molecular weight excluding hydrogens is 162 g/mol. The molecule has 3 heteroatoms. The molecule has 2 rings (SSSR count). The summed E-state index contributed by atoms with van der Waals surface area (Å²) in [6.07, 6.45) is 2.26. The van der Waals surface area contributed by atoms with Gasteiger partial charge < -0.3 is 0 Å². The van der Waals surface area contributed by atoms with Gasteiger partial charge >= 0.3 is 0 Å². The Morgan fingerprint density at radius 3 is 2.54 bits per heavy atom. The lowest BCUT2D eigenvalue weighted by molar-refractivity contribution is 0.885. The summed E-state index contributed by atoms with van der Waals surface area (Å²) >= 11 is 0. The molecule has 0 fully saturated rings. The van der Waals surface area contributed by atoms with E-state index in [1.165, 1.54) is 17.8 Å². The maximum Gasteiger partial charge on any atom is 0.115 e. The molecule has 1 aliphatic rings. The van der Waals surface area contributed by atoms with Crippen molar-refractivity contribution in [3.8, 4) is 0 Å². The Hall–Kier alpha value is -1.25. The molecule has 2 heterocycles. The number of aliphatic imine (C=N–C) groups is 1. The molecule has 0 atom stereocenters. The van der Waals surface area contributed by atoms with E-state index in [1.54, 1.807) is 0 Å². The SMILES string of the molecule is Cc1ccc(C)n1NC1=NCCC1. The Labute approximate surface area is 78.4 Å². The second kappa shape index (κ2) is 3.24. The van der Waals surface area contributed by atoms with Crippen molar-refractivity contribution < 1.29 is 0 Å². The van der Waals surface area contributed by atoms with Crippen LogP contribution in [0.4, 0.5) is 0 Å². The fourth-order valence-corrected chi connectivity index (χ4v) is 1.60. The Morgan fingerprint density at radius 2 is 2.00 bits per heavy atom. The summed E-state index contributed by atoms with van der Waals surface area (Å²) in [7, 11) is 0. The maximum atomic E-state index is 4.38. The van der Waals surface area contributed by atoms with Crippen LogP contribution in [0, 0.1) is 13.8 Å². The minimum Gasteiger partial charge on any atom is -0.281 e. The number of aromatic nitrogens is 1. The zero-order valence-corrected chi connectivity index (χ0v) is 8.17. The molecule has 0 saturated heterocycles. The van der Waals surface area contributed by atoms with Crippen LogP contribution < -0.4 is 5.43 Å². The van der Waals surface area contributed by atoms with E-state index in [0.29, 0.717) is 0 Å². The molecule has 0 amide bonds. The van der Waals surface area contributed by atoms with Crippen LogP contribution in [-0.4, -0.2) is 17.1 Å². The van der Waals surface area contributed by atoms with E-state index >= 15 is 0 Å². The lowest BCUT2D eigenvalue weighted by Crippen LogP contribution is -2.22. The number of aryl methyl sites for hydroxylation is 2. The Balaban J connectivity index is 2.16. The van der Waals surface area contributed by atoms with E-state index in [1.807, 2.05) is 0 Å². The molecule has 70 valence electrons. The highest BCUT2D eigenvalue weighted by Crippen LogP contribution is 2.07. The molecule has 1 aromatic rings. The highest BCUT2D eigenvalue weighted by molar-refractivity contribution is 5.90. The molecule has 0 aliphatic carbocycles. The first-order chi connectivity index (χ1) is 6.27. The van der Waals surface area contributed by atoms with Crippen molar-refractivity contribution in [3.63, 3.8) is 0 Å². The van der Waals surface area contributed by atoms with E-state index < -0.39 is 0 Å². The average molecular weight is 177 g/mol. The topological polar surface area (TPSA) is 29.3 Å². The van der Waals surface area contributed by atoms with E-state index in [9.17, 15) is 0 Å². The fraction of sp³-hybridized carbons (Fsp3) is 0.500. The van der Waals surface area contributed by atoms with Crippen molar-refractivity contribution in [1.29, 1.82) is 0 Å². The van der Waals surface area contributed by atoms with E-state index in [0.717, 1.165) is 18.8 Å². The number of nitrogens with one attached hydrogen (secondary N) is 1. The van der Waals surface area contributed by atoms with Gasteiger partial charge in [0.05, 0.1) is 0 Å². The van der Waals surface area contributed by atoms with Gasteiger partial charge in [-0.15, -0.1) is 0 Å². The fourth-order valence-electron chi connectivity index (χ4n) is 1.60. The van der Waals surface area contributed by atoms with Gasteiger partial charge in [0, 0.05) is 24.4 Å². The third kappa shape index (κ3) is 1.59. The van der Waals surface area contributed by atoms with Crippen molar-refractivity contribution in [1.82, 2.24) is 4.68 Å². The summed E-state index contributed by atoms with van der Waals surface area (Å²) in [6, 6.07) is 4.22. The highest BCUT2D eigenvalue weighted by atomic mass is 15.4. The molecule has 0 bridgehead atoms. The van der Waals surface area contributed by atoms with Crippen molar-refractivity contribution in [2.75, 3.05) is 12.0 Å². The van der Waals surface area contributed by atoms with Gasteiger partial charge in [0.25, 0.3) is 0 Å². The smallest absolute Gasteiger partial charge is 0.115 e. The molecule has 0 spiro atoms. The number of nitrogens with zero attached hydrogens (tertiary/aromatic N) is 2. The van der Waals surface area contributed by atoms with Crippen LogP contribution >= 0.6 is 0 Å². The van der Waals surface area contributed by atoms with Crippen molar-refractivity contribution >= 4 is 5.84 Å². The van der Waals surface area contributed by atoms with Crippen LogP contribution in [0.15, 0.2) is 17.1 Å². The first-order valence-electron chi connectivity index (χ1n) is 4.72. The third-order valence-electron chi connectivity index (χ3n) is 2.39. The normalized spacial score (nSPS) is 16.0. The second-order valence-corrected chi connectivity index (χ2v) is 3.50. The zero-order chi connectivity index (χ0) is 9.26. The van der Waals surface area contributed by atoms with E-state index in [2.05, 4.69) is 41.1 Å². The van der Waals surface area contributed by atoms with E-state index in [4.69, 9.17) is 0 Å². The Morgan fingerprint density at radius 1 is 1.31 bits per heavy atom. The van der Waals surface area contributed by atoms with Crippen LogP contribution in [0.25, 0.3) is 0 Å². The van der Waals surface area contributed by atoms with Crippen molar-refractivity contribution in [2.24, 2.45) is 4.99 Å². The lowest BCUT2D eigenvalue weighted by Gasteiger charge is -2.11.